The first-order valence-corrected chi connectivity index (χ1v) is 15.2. The van der Waals surface area contributed by atoms with Crippen LogP contribution in [0, 0.1) is 0 Å². The summed E-state index contributed by atoms with van der Waals surface area (Å²) in [7, 11) is 0. The normalized spacial score (nSPS) is 13.5. The molecule has 3 unspecified atom stereocenters. The largest absolute Gasteiger partial charge is 0.478 e. The van der Waals surface area contributed by atoms with Gasteiger partial charge in [0, 0.05) is 16.0 Å². The topological polar surface area (TPSA) is 116 Å². The summed E-state index contributed by atoms with van der Waals surface area (Å²) in [5.41, 5.74) is -1.56. The number of hydrogen-bond acceptors (Lipinski definition) is 7. The first-order chi connectivity index (χ1) is 15.5. The summed E-state index contributed by atoms with van der Waals surface area (Å²) in [6.07, 6.45) is 0. The number of benzene rings is 1. The summed E-state index contributed by atoms with van der Waals surface area (Å²) in [6.45, 7) is -0.137. The van der Waals surface area contributed by atoms with Crippen molar-refractivity contribution in [3.8, 4) is 0 Å². The SMILES string of the molecule is O=C(O)c1cc(C(=O)OCC(Br)CBr)c(C(=O)OCC(Br)CBr)cc1C(=O)OCC(Br)CBr. The molecule has 8 nitrogen and oxygen atoms in total. The van der Waals surface area contributed by atoms with Crippen molar-refractivity contribution in [2.75, 3.05) is 35.8 Å². The quantitative estimate of drug-likeness (QED) is 0.161. The molecule has 33 heavy (non-hydrogen) atoms. The lowest BCUT2D eigenvalue weighted by Gasteiger charge is -2.15. The maximum absolute atomic E-state index is 12.8. The third-order valence-corrected chi connectivity index (χ3v) is 10.5. The van der Waals surface area contributed by atoms with Gasteiger partial charge >= 0.3 is 23.9 Å². The number of esters is 3. The Labute approximate surface area is 240 Å². The van der Waals surface area contributed by atoms with Gasteiger partial charge in [0.25, 0.3) is 0 Å². The van der Waals surface area contributed by atoms with E-state index in [1.807, 2.05) is 0 Å². The van der Waals surface area contributed by atoms with Crippen molar-refractivity contribution in [3.63, 3.8) is 0 Å². The molecule has 3 atom stereocenters. The molecule has 0 amide bonds. The molecule has 0 bridgehead atoms. The smallest absolute Gasteiger partial charge is 0.339 e. The summed E-state index contributed by atoms with van der Waals surface area (Å²) >= 11 is 19.6. The van der Waals surface area contributed by atoms with Crippen LogP contribution in [0.1, 0.15) is 41.4 Å². The average molecular weight is 854 g/mol. The Hall–Kier alpha value is -0.0200. The molecule has 1 aromatic rings. The number of ether oxygens (including phenoxy) is 3. The Bertz CT molecular complexity index is 865. The van der Waals surface area contributed by atoms with Gasteiger partial charge in [0.1, 0.15) is 19.8 Å². The van der Waals surface area contributed by atoms with Crippen molar-refractivity contribution < 1.29 is 38.5 Å². The zero-order valence-corrected chi connectivity index (χ0v) is 26.2. The number of carbonyl (C=O) groups excluding carboxylic acids is 3. The van der Waals surface area contributed by atoms with Crippen LogP contribution in [0.15, 0.2) is 12.1 Å². The van der Waals surface area contributed by atoms with E-state index in [0.29, 0.717) is 16.0 Å². The Morgan fingerprint density at radius 3 is 1.18 bits per heavy atom. The van der Waals surface area contributed by atoms with Crippen molar-refractivity contribution in [3.05, 3.63) is 34.4 Å². The first kappa shape index (κ1) is 31.0. The molecule has 0 heterocycles. The zero-order valence-electron chi connectivity index (χ0n) is 16.7. The van der Waals surface area contributed by atoms with E-state index in [4.69, 9.17) is 14.2 Å². The highest BCUT2D eigenvalue weighted by molar-refractivity contribution is 9.12. The van der Waals surface area contributed by atoms with Gasteiger partial charge in [-0.2, -0.15) is 0 Å². The van der Waals surface area contributed by atoms with Gasteiger partial charge in [0.05, 0.1) is 36.7 Å². The first-order valence-electron chi connectivity index (χ1n) is 9.08. The van der Waals surface area contributed by atoms with E-state index in [2.05, 4.69) is 95.6 Å². The molecule has 14 heteroatoms. The number of carboxylic acids is 1. The predicted molar refractivity (Wildman–Crippen MR) is 144 cm³/mol. The van der Waals surface area contributed by atoms with E-state index in [0.717, 1.165) is 12.1 Å². The fourth-order valence-electron chi connectivity index (χ4n) is 2.15. The van der Waals surface area contributed by atoms with Gasteiger partial charge in [-0.3, -0.25) is 0 Å². The van der Waals surface area contributed by atoms with Crippen LogP contribution in [0.5, 0.6) is 0 Å². The third kappa shape index (κ3) is 10.2. The fraction of sp³-hybridized carbons (Fsp3) is 0.474. The third-order valence-electron chi connectivity index (χ3n) is 3.74. The second-order valence-corrected chi connectivity index (χ2v) is 12.1. The van der Waals surface area contributed by atoms with Gasteiger partial charge in [-0.15, -0.1) is 0 Å². The Morgan fingerprint density at radius 2 is 0.909 bits per heavy atom. The second-order valence-electron chi connectivity index (χ2n) is 6.30. The molecular weight excluding hydrogens is 836 g/mol. The highest BCUT2D eigenvalue weighted by Gasteiger charge is 2.28. The average Bonchev–Trinajstić information content (AvgIpc) is 2.82. The van der Waals surface area contributed by atoms with E-state index >= 15 is 0 Å². The second kappa shape index (κ2) is 15.9. The van der Waals surface area contributed by atoms with Gasteiger partial charge in [0.2, 0.25) is 0 Å². The van der Waals surface area contributed by atoms with Crippen LogP contribution in [0.4, 0.5) is 0 Å². The minimum absolute atomic E-state index is 0.0391. The lowest BCUT2D eigenvalue weighted by atomic mass is 9.98. The Morgan fingerprint density at radius 1 is 0.636 bits per heavy atom. The molecule has 0 aromatic heterocycles. The molecule has 1 aromatic carbocycles. The summed E-state index contributed by atoms with van der Waals surface area (Å²) in [5.74, 6) is -4.31. The van der Waals surface area contributed by atoms with Crippen molar-refractivity contribution in [2.45, 2.75) is 14.5 Å². The molecule has 0 aliphatic rings. The molecule has 0 radical (unpaired) electrons. The fourth-order valence-corrected chi connectivity index (χ4v) is 3.11. The maximum Gasteiger partial charge on any atom is 0.339 e. The summed E-state index contributed by atoms with van der Waals surface area (Å²) in [6, 6.07) is 1.90. The van der Waals surface area contributed by atoms with Gasteiger partial charge < -0.3 is 19.3 Å². The van der Waals surface area contributed by atoms with E-state index in [9.17, 15) is 24.3 Å². The lowest BCUT2D eigenvalue weighted by molar-refractivity contribution is 0.0461. The molecule has 0 saturated heterocycles. The minimum atomic E-state index is -1.48. The van der Waals surface area contributed by atoms with Crippen LogP contribution in [-0.2, 0) is 14.2 Å². The van der Waals surface area contributed by atoms with Gasteiger partial charge in [-0.1, -0.05) is 95.6 Å². The number of aromatic carboxylic acids is 1. The maximum atomic E-state index is 12.8. The highest BCUT2D eigenvalue weighted by Crippen LogP contribution is 2.22. The summed E-state index contributed by atoms with van der Waals surface area (Å²) in [4.78, 5) is 49.3. The van der Waals surface area contributed by atoms with Crippen molar-refractivity contribution >= 4 is 119 Å². The van der Waals surface area contributed by atoms with Crippen LogP contribution in [0.25, 0.3) is 0 Å². The lowest BCUT2D eigenvalue weighted by Crippen LogP contribution is -2.23. The number of halogens is 6. The Balaban J connectivity index is 3.43. The van der Waals surface area contributed by atoms with E-state index in [-0.39, 0.29) is 45.4 Å². The number of alkyl halides is 6. The highest BCUT2D eigenvalue weighted by atomic mass is 79.9. The van der Waals surface area contributed by atoms with Crippen LogP contribution >= 0.6 is 95.6 Å². The molecule has 0 fully saturated rings. The van der Waals surface area contributed by atoms with Crippen molar-refractivity contribution in [2.24, 2.45) is 0 Å². The van der Waals surface area contributed by atoms with Crippen LogP contribution in [-0.4, -0.2) is 79.3 Å². The van der Waals surface area contributed by atoms with Gasteiger partial charge in [-0.25, -0.2) is 19.2 Å². The number of hydrogen-bond donors (Lipinski definition) is 1. The number of rotatable bonds is 13. The molecule has 184 valence electrons. The van der Waals surface area contributed by atoms with Gasteiger partial charge in [0.15, 0.2) is 0 Å². The van der Waals surface area contributed by atoms with Crippen LogP contribution in [0.3, 0.4) is 0 Å². The molecule has 0 aliphatic carbocycles. The van der Waals surface area contributed by atoms with Crippen molar-refractivity contribution in [1.29, 1.82) is 0 Å². The standard InChI is InChI=1S/C19H18Br6O8/c20-3-9(23)6-31-17(28)13-2-15(19(30)33-8-11(25)5-22)14(1-12(13)16(26)27)18(29)32-7-10(24)4-21/h1-2,9-11H,3-8H2,(H,26,27). The van der Waals surface area contributed by atoms with Gasteiger partial charge in [-0.05, 0) is 12.1 Å². The predicted octanol–water partition coefficient (Wildman–Crippen LogP) is 5.33. The van der Waals surface area contributed by atoms with E-state index in [1.54, 1.807) is 0 Å². The summed E-state index contributed by atoms with van der Waals surface area (Å²) in [5, 5.41) is 11.1. The van der Waals surface area contributed by atoms with Crippen LogP contribution < -0.4 is 0 Å². The minimum Gasteiger partial charge on any atom is -0.478 e. The molecule has 1 N–H and O–H groups in total. The van der Waals surface area contributed by atoms with E-state index in [1.165, 1.54) is 0 Å². The van der Waals surface area contributed by atoms with Crippen LogP contribution in [0.2, 0.25) is 0 Å². The van der Waals surface area contributed by atoms with Crippen molar-refractivity contribution in [1.82, 2.24) is 0 Å². The molecule has 0 saturated carbocycles. The zero-order chi connectivity index (χ0) is 25.1. The molecular formula is C19H18Br6O8. The number of carboxylic acid groups (broad SMARTS) is 1. The monoisotopic (exact) mass is 848 g/mol. The van der Waals surface area contributed by atoms with E-state index < -0.39 is 35.0 Å². The molecule has 0 spiro atoms. The number of carbonyl (C=O) groups is 4. The Kier molecular flexibility index (Phi) is 14.9. The molecule has 0 aliphatic heterocycles. The molecule has 1 rings (SSSR count). The summed E-state index contributed by atoms with van der Waals surface area (Å²) < 4.78 is 15.5.